The van der Waals surface area contributed by atoms with Crippen LogP contribution in [0.1, 0.15) is 30.1 Å². The minimum absolute atomic E-state index is 0.0779. The Bertz CT molecular complexity index is 398. The fraction of sp³-hybridized carbons (Fsp3) is 0.462. The molecule has 0 radical (unpaired) electrons. The first-order chi connectivity index (χ1) is 7.70. The van der Waals surface area contributed by atoms with Crippen LogP contribution >= 0.6 is 0 Å². The second kappa shape index (κ2) is 4.66. The molecule has 3 heteroatoms. The number of methoxy groups -OCH3 is 1. The SMILES string of the molecule is COc1ccc(C2CC(=O)CCO2)cc1C. The Morgan fingerprint density at radius 3 is 2.88 bits per heavy atom. The molecule has 1 saturated heterocycles. The number of hydrogen-bond acceptors (Lipinski definition) is 3. The van der Waals surface area contributed by atoms with Crippen molar-refractivity contribution >= 4 is 5.78 Å². The summed E-state index contributed by atoms with van der Waals surface area (Å²) in [5, 5.41) is 0. The van der Waals surface area contributed by atoms with Gasteiger partial charge in [0.05, 0.1) is 19.8 Å². The van der Waals surface area contributed by atoms with Gasteiger partial charge in [-0.2, -0.15) is 0 Å². The lowest BCUT2D eigenvalue weighted by Crippen LogP contribution is -2.19. The minimum Gasteiger partial charge on any atom is -0.496 e. The minimum atomic E-state index is -0.0779. The normalized spacial score (nSPS) is 20.9. The Morgan fingerprint density at radius 2 is 2.25 bits per heavy atom. The van der Waals surface area contributed by atoms with Gasteiger partial charge in [0.15, 0.2) is 0 Å². The summed E-state index contributed by atoms with van der Waals surface area (Å²) in [5.41, 5.74) is 2.13. The van der Waals surface area contributed by atoms with E-state index in [0.29, 0.717) is 19.4 Å². The third-order valence-electron chi connectivity index (χ3n) is 2.90. The van der Waals surface area contributed by atoms with Gasteiger partial charge in [0, 0.05) is 12.8 Å². The predicted molar refractivity (Wildman–Crippen MR) is 60.7 cm³/mol. The largest absolute Gasteiger partial charge is 0.496 e. The molecule has 1 aromatic rings. The molecule has 16 heavy (non-hydrogen) atoms. The van der Waals surface area contributed by atoms with Gasteiger partial charge in [0.1, 0.15) is 11.5 Å². The van der Waals surface area contributed by atoms with Crippen LogP contribution in [0, 0.1) is 6.92 Å². The van der Waals surface area contributed by atoms with Crippen molar-refractivity contribution in [2.45, 2.75) is 25.9 Å². The van der Waals surface area contributed by atoms with Crippen molar-refractivity contribution in [1.29, 1.82) is 0 Å². The van der Waals surface area contributed by atoms with Gasteiger partial charge in [-0.1, -0.05) is 6.07 Å². The molecule has 1 unspecified atom stereocenters. The van der Waals surface area contributed by atoms with E-state index in [2.05, 4.69) is 0 Å². The average molecular weight is 220 g/mol. The van der Waals surface area contributed by atoms with Crippen molar-refractivity contribution in [1.82, 2.24) is 0 Å². The molecule has 1 heterocycles. The van der Waals surface area contributed by atoms with Crippen molar-refractivity contribution in [3.63, 3.8) is 0 Å². The van der Waals surface area contributed by atoms with E-state index >= 15 is 0 Å². The highest BCUT2D eigenvalue weighted by molar-refractivity contribution is 5.79. The molecular formula is C13H16O3. The van der Waals surface area contributed by atoms with Crippen molar-refractivity contribution in [3.8, 4) is 5.75 Å². The summed E-state index contributed by atoms with van der Waals surface area (Å²) in [7, 11) is 1.66. The fourth-order valence-corrected chi connectivity index (χ4v) is 2.00. The third kappa shape index (κ3) is 2.25. The van der Waals surface area contributed by atoms with Crippen molar-refractivity contribution in [3.05, 3.63) is 29.3 Å². The quantitative estimate of drug-likeness (QED) is 0.767. The number of benzene rings is 1. The molecule has 1 aliphatic heterocycles. The highest BCUT2D eigenvalue weighted by Crippen LogP contribution is 2.29. The maximum Gasteiger partial charge on any atom is 0.138 e. The van der Waals surface area contributed by atoms with Crippen LogP contribution < -0.4 is 4.74 Å². The number of ketones is 1. The van der Waals surface area contributed by atoms with Crippen LogP contribution in [0.25, 0.3) is 0 Å². The molecule has 2 rings (SSSR count). The van der Waals surface area contributed by atoms with E-state index in [1.54, 1.807) is 7.11 Å². The predicted octanol–water partition coefficient (Wildman–Crippen LogP) is 2.42. The Balaban J connectivity index is 2.20. The third-order valence-corrected chi connectivity index (χ3v) is 2.90. The maximum atomic E-state index is 11.4. The lowest BCUT2D eigenvalue weighted by molar-refractivity contribution is -0.128. The van der Waals surface area contributed by atoms with Crippen LogP contribution in [0.2, 0.25) is 0 Å². The molecule has 0 saturated carbocycles. The van der Waals surface area contributed by atoms with E-state index in [1.165, 1.54) is 0 Å². The average Bonchev–Trinajstić information content (AvgIpc) is 2.29. The van der Waals surface area contributed by atoms with Crippen molar-refractivity contribution in [2.24, 2.45) is 0 Å². The second-order valence-corrected chi connectivity index (χ2v) is 4.08. The zero-order valence-electron chi connectivity index (χ0n) is 9.66. The maximum absolute atomic E-state index is 11.4. The Kier molecular flexibility index (Phi) is 3.25. The number of hydrogen-bond donors (Lipinski definition) is 0. The first kappa shape index (κ1) is 11.1. The molecule has 0 aromatic heterocycles. The summed E-state index contributed by atoms with van der Waals surface area (Å²) in [4.78, 5) is 11.4. The van der Waals surface area contributed by atoms with Gasteiger partial charge < -0.3 is 9.47 Å². The van der Waals surface area contributed by atoms with E-state index in [-0.39, 0.29) is 11.9 Å². The summed E-state index contributed by atoms with van der Waals surface area (Å²) < 4.78 is 10.8. The molecule has 0 aliphatic carbocycles. The van der Waals surface area contributed by atoms with Crippen LogP contribution in [0.15, 0.2) is 18.2 Å². The summed E-state index contributed by atoms with van der Waals surface area (Å²) in [6, 6.07) is 5.92. The molecule has 0 N–H and O–H groups in total. The molecular weight excluding hydrogens is 204 g/mol. The van der Waals surface area contributed by atoms with Crippen LogP contribution in [-0.2, 0) is 9.53 Å². The topological polar surface area (TPSA) is 35.5 Å². The Morgan fingerprint density at radius 1 is 1.44 bits per heavy atom. The molecule has 0 spiro atoms. The summed E-state index contributed by atoms with van der Waals surface area (Å²) >= 11 is 0. The fourth-order valence-electron chi connectivity index (χ4n) is 2.00. The number of ether oxygens (including phenoxy) is 2. The molecule has 1 atom stereocenters. The van der Waals surface area contributed by atoms with Gasteiger partial charge in [-0.25, -0.2) is 0 Å². The first-order valence-electron chi connectivity index (χ1n) is 5.48. The molecule has 3 nitrogen and oxygen atoms in total. The van der Waals surface area contributed by atoms with Crippen molar-refractivity contribution < 1.29 is 14.3 Å². The Labute approximate surface area is 95.4 Å². The monoisotopic (exact) mass is 220 g/mol. The first-order valence-corrected chi connectivity index (χ1v) is 5.48. The van der Waals surface area contributed by atoms with Crippen LogP contribution in [0.3, 0.4) is 0 Å². The van der Waals surface area contributed by atoms with E-state index in [4.69, 9.17) is 9.47 Å². The molecule has 1 aromatic carbocycles. The van der Waals surface area contributed by atoms with E-state index < -0.39 is 0 Å². The van der Waals surface area contributed by atoms with E-state index in [9.17, 15) is 4.79 Å². The zero-order chi connectivity index (χ0) is 11.5. The summed E-state index contributed by atoms with van der Waals surface area (Å²) in [5.74, 6) is 1.15. The lowest BCUT2D eigenvalue weighted by Gasteiger charge is -2.22. The molecule has 1 fully saturated rings. The van der Waals surface area contributed by atoms with Gasteiger partial charge >= 0.3 is 0 Å². The lowest BCUT2D eigenvalue weighted by atomic mass is 9.99. The number of rotatable bonds is 2. The number of aryl methyl sites for hydroxylation is 1. The van der Waals surface area contributed by atoms with Gasteiger partial charge in [-0.3, -0.25) is 4.79 Å². The highest BCUT2D eigenvalue weighted by Gasteiger charge is 2.21. The number of carbonyl (C=O) groups is 1. The van der Waals surface area contributed by atoms with Gasteiger partial charge in [-0.05, 0) is 30.2 Å². The molecule has 86 valence electrons. The standard InChI is InChI=1S/C13H16O3/c1-9-7-10(3-4-12(9)15-2)13-8-11(14)5-6-16-13/h3-4,7,13H,5-6,8H2,1-2H3. The number of Topliss-reactive ketones (excluding diaryl/α,β-unsaturated/α-hetero) is 1. The smallest absolute Gasteiger partial charge is 0.138 e. The highest BCUT2D eigenvalue weighted by atomic mass is 16.5. The number of carbonyl (C=O) groups excluding carboxylic acids is 1. The summed E-state index contributed by atoms with van der Waals surface area (Å²) in [6.07, 6.45) is 0.961. The van der Waals surface area contributed by atoms with Crippen LogP contribution in [-0.4, -0.2) is 19.5 Å². The van der Waals surface area contributed by atoms with Crippen LogP contribution in [0.5, 0.6) is 5.75 Å². The Hall–Kier alpha value is -1.35. The van der Waals surface area contributed by atoms with Gasteiger partial charge in [0.2, 0.25) is 0 Å². The van der Waals surface area contributed by atoms with Crippen molar-refractivity contribution in [2.75, 3.05) is 13.7 Å². The summed E-state index contributed by atoms with van der Waals surface area (Å²) in [6.45, 7) is 2.53. The van der Waals surface area contributed by atoms with E-state index in [1.807, 2.05) is 25.1 Å². The molecule has 0 bridgehead atoms. The van der Waals surface area contributed by atoms with E-state index in [0.717, 1.165) is 16.9 Å². The van der Waals surface area contributed by atoms with Crippen LogP contribution in [0.4, 0.5) is 0 Å². The second-order valence-electron chi connectivity index (χ2n) is 4.08. The van der Waals surface area contributed by atoms with Gasteiger partial charge in [-0.15, -0.1) is 0 Å². The van der Waals surface area contributed by atoms with Gasteiger partial charge in [0.25, 0.3) is 0 Å². The molecule has 0 amide bonds. The molecule has 1 aliphatic rings. The zero-order valence-corrected chi connectivity index (χ0v) is 9.66.